The van der Waals surface area contributed by atoms with Gasteiger partial charge >= 0.3 is 5.91 Å². The Balaban J connectivity index is 0.000000754. The summed E-state index contributed by atoms with van der Waals surface area (Å²) in [4.78, 5) is 23.7. The summed E-state index contributed by atoms with van der Waals surface area (Å²) in [6.45, 7) is 15.8. The summed E-state index contributed by atoms with van der Waals surface area (Å²) < 4.78 is 0. The summed E-state index contributed by atoms with van der Waals surface area (Å²) in [5, 5.41) is 3.24. The summed E-state index contributed by atoms with van der Waals surface area (Å²) >= 11 is 0. The fraction of sp³-hybridized carbons (Fsp3) is 0.550. The van der Waals surface area contributed by atoms with Crippen molar-refractivity contribution in [3.05, 3.63) is 34.4 Å². The predicted octanol–water partition coefficient (Wildman–Crippen LogP) is 4.48. The fourth-order valence-electron chi connectivity index (χ4n) is 2.60. The Bertz CT molecular complexity index is 538. The normalized spacial score (nSPS) is 9.96. The monoisotopic (exact) mass is 332 g/mol. The first kappa shape index (κ1) is 22.0. The van der Waals surface area contributed by atoms with Crippen LogP contribution in [0.4, 0.5) is 0 Å². The number of ketones is 1. The van der Waals surface area contributed by atoms with Gasteiger partial charge in [-0.05, 0) is 36.8 Å². The fourth-order valence-corrected chi connectivity index (χ4v) is 2.60. The zero-order valence-corrected chi connectivity index (χ0v) is 16.0. The van der Waals surface area contributed by atoms with Crippen molar-refractivity contribution in [1.29, 1.82) is 0 Å². The molecule has 1 aromatic carbocycles. The molecule has 0 radical (unpaired) electrons. The van der Waals surface area contributed by atoms with Crippen molar-refractivity contribution in [1.82, 2.24) is 5.43 Å². The van der Waals surface area contributed by atoms with Gasteiger partial charge in [-0.2, -0.15) is 5.10 Å². The molecule has 0 atom stereocenters. The molecule has 0 aromatic heterocycles. The second kappa shape index (κ2) is 11.5. The molecule has 0 aliphatic carbocycles. The number of amides is 1. The van der Waals surface area contributed by atoms with Crippen LogP contribution in [0.1, 0.15) is 74.5 Å². The molecule has 1 rings (SSSR count). The number of rotatable bonds is 7. The van der Waals surface area contributed by atoms with Gasteiger partial charge in [-0.15, -0.1) is 0 Å². The van der Waals surface area contributed by atoms with Crippen LogP contribution in [0.25, 0.3) is 0 Å². The minimum atomic E-state index is -0.738. The molecule has 0 unspecified atom stereocenters. The summed E-state index contributed by atoms with van der Waals surface area (Å²) in [7, 11) is 0. The van der Waals surface area contributed by atoms with Crippen LogP contribution < -0.4 is 5.43 Å². The zero-order chi connectivity index (χ0) is 18.7. The Labute approximate surface area is 146 Å². The van der Waals surface area contributed by atoms with Crippen molar-refractivity contribution in [2.45, 2.75) is 67.2 Å². The van der Waals surface area contributed by atoms with E-state index in [1.54, 1.807) is 0 Å². The number of benzene rings is 1. The smallest absolute Gasteiger partial charge is 0.283 e. The first-order valence-electron chi connectivity index (χ1n) is 8.74. The number of carbonyl (C=O) groups excluding carboxylic acids is 2. The molecule has 0 fully saturated rings. The number of hydrazone groups is 1. The van der Waals surface area contributed by atoms with Crippen LogP contribution in [-0.2, 0) is 17.6 Å². The molecule has 0 spiro atoms. The summed E-state index contributed by atoms with van der Waals surface area (Å²) in [6, 6.07) is 3.89. The van der Waals surface area contributed by atoms with E-state index in [1.165, 1.54) is 12.8 Å². The lowest BCUT2D eigenvalue weighted by Gasteiger charge is -2.12. The highest BCUT2D eigenvalue weighted by molar-refractivity contribution is 6.43. The number of Topliss-reactive ketones (excluding diaryl/α,β-unsaturated/α-hetero) is 1. The molecule has 0 aliphatic rings. The standard InChI is InChI=1S/C14H18N2O2.C6H14/c1-5-10-7-9(3)8-11(6-2)12(10)13(17)14(18)16-15-4;1-4-5-6(2)3/h7-8H,4-6H2,1-3H3,(H,16,18);6H,4-5H2,1-3H3. The molecule has 1 N–H and O–H groups in total. The van der Waals surface area contributed by atoms with Crippen LogP contribution in [0.3, 0.4) is 0 Å². The van der Waals surface area contributed by atoms with E-state index >= 15 is 0 Å². The zero-order valence-electron chi connectivity index (χ0n) is 16.0. The van der Waals surface area contributed by atoms with Crippen LogP contribution in [-0.4, -0.2) is 18.4 Å². The highest BCUT2D eigenvalue weighted by Crippen LogP contribution is 2.20. The molecule has 0 heterocycles. The van der Waals surface area contributed by atoms with Crippen LogP contribution in [0, 0.1) is 12.8 Å². The summed E-state index contributed by atoms with van der Waals surface area (Å²) in [5.41, 5.74) is 5.49. The maximum Gasteiger partial charge on any atom is 0.312 e. The van der Waals surface area contributed by atoms with Gasteiger partial charge in [0.1, 0.15) is 0 Å². The number of nitrogens with one attached hydrogen (secondary N) is 1. The van der Waals surface area contributed by atoms with Gasteiger partial charge in [0.15, 0.2) is 0 Å². The van der Waals surface area contributed by atoms with Crippen LogP contribution in [0.2, 0.25) is 0 Å². The molecule has 4 heteroatoms. The van der Waals surface area contributed by atoms with Gasteiger partial charge in [0, 0.05) is 12.3 Å². The molecule has 134 valence electrons. The van der Waals surface area contributed by atoms with Crippen LogP contribution in [0.5, 0.6) is 0 Å². The van der Waals surface area contributed by atoms with Gasteiger partial charge < -0.3 is 0 Å². The molecule has 1 aromatic rings. The third-order valence-electron chi connectivity index (χ3n) is 3.69. The largest absolute Gasteiger partial charge is 0.312 e. The first-order valence-corrected chi connectivity index (χ1v) is 8.74. The SMILES string of the molecule is C=NNC(=O)C(=O)c1c(CC)cc(C)cc1CC.CCCC(C)C. The quantitative estimate of drug-likeness (QED) is 0.346. The molecule has 4 nitrogen and oxygen atoms in total. The topological polar surface area (TPSA) is 58.5 Å². The van der Waals surface area contributed by atoms with Gasteiger partial charge in [0.05, 0.1) is 0 Å². The number of hydrogen-bond donors (Lipinski definition) is 1. The Morgan fingerprint density at radius 2 is 1.62 bits per heavy atom. The summed E-state index contributed by atoms with van der Waals surface area (Å²) in [5.74, 6) is -0.385. The molecule has 0 saturated heterocycles. The number of hydrogen-bond acceptors (Lipinski definition) is 3. The van der Waals surface area contributed by atoms with E-state index in [2.05, 4.69) is 38.0 Å². The van der Waals surface area contributed by atoms with E-state index < -0.39 is 11.7 Å². The van der Waals surface area contributed by atoms with E-state index in [-0.39, 0.29) is 0 Å². The third-order valence-corrected chi connectivity index (χ3v) is 3.69. The molecule has 0 bridgehead atoms. The van der Waals surface area contributed by atoms with Gasteiger partial charge in [-0.3, -0.25) is 9.59 Å². The van der Waals surface area contributed by atoms with E-state index in [9.17, 15) is 9.59 Å². The molecule has 0 saturated carbocycles. The van der Waals surface area contributed by atoms with Gasteiger partial charge in [-0.25, -0.2) is 5.43 Å². The predicted molar refractivity (Wildman–Crippen MR) is 102 cm³/mol. The molecular formula is C20H32N2O2. The number of carbonyl (C=O) groups is 2. The second-order valence-corrected chi connectivity index (χ2v) is 6.28. The van der Waals surface area contributed by atoms with E-state index in [0.29, 0.717) is 18.4 Å². The maximum absolute atomic E-state index is 12.1. The lowest BCUT2D eigenvalue weighted by atomic mass is 9.92. The number of nitrogens with zero attached hydrogens (tertiary/aromatic N) is 1. The average molecular weight is 332 g/mol. The van der Waals surface area contributed by atoms with E-state index in [1.807, 2.05) is 32.9 Å². The maximum atomic E-state index is 12.1. The number of aryl methyl sites for hydroxylation is 3. The van der Waals surface area contributed by atoms with Crippen molar-refractivity contribution >= 4 is 18.4 Å². The van der Waals surface area contributed by atoms with Gasteiger partial charge in [0.2, 0.25) is 0 Å². The molecular weight excluding hydrogens is 300 g/mol. The van der Waals surface area contributed by atoms with E-state index in [4.69, 9.17) is 0 Å². The van der Waals surface area contributed by atoms with Gasteiger partial charge in [-0.1, -0.05) is 65.2 Å². The molecule has 1 amide bonds. The van der Waals surface area contributed by atoms with Crippen molar-refractivity contribution in [2.24, 2.45) is 11.0 Å². The van der Waals surface area contributed by atoms with Crippen molar-refractivity contribution < 1.29 is 9.59 Å². The van der Waals surface area contributed by atoms with Crippen molar-refractivity contribution in [3.63, 3.8) is 0 Å². The van der Waals surface area contributed by atoms with Gasteiger partial charge in [0.25, 0.3) is 5.78 Å². The van der Waals surface area contributed by atoms with Crippen molar-refractivity contribution in [3.8, 4) is 0 Å². The lowest BCUT2D eigenvalue weighted by Crippen LogP contribution is -2.28. The average Bonchev–Trinajstić information content (AvgIpc) is 2.53. The third kappa shape index (κ3) is 7.07. The Kier molecular flexibility index (Phi) is 10.6. The summed E-state index contributed by atoms with van der Waals surface area (Å²) in [6.07, 6.45) is 4.13. The minimum Gasteiger partial charge on any atom is -0.283 e. The Hall–Kier alpha value is -1.97. The lowest BCUT2D eigenvalue weighted by molar-refractivity contribution is -0.116. The highest BCUT2D eigenvalue weighted by Gasteiger charge is 2.21. The Morgan fingerprint density at radius 3 is 1.92 bits per heavy atom. The van der Waals surface area contributed by atoms with Crippen LogP contribution in [0.15, 0.2) is 17.2 Å². The van der Waals surface area contributed by atoms with Crippen molar-refractivity contribution in [2.75, 3.05) is 0 Å². The second-order valence-electron chi connectivity index (χ2n) is 6.28. The Morgan fingerprint density at radius 1 is 1.12 bits per heavy atom. The van der Waals surface area contributed by atoms with Crippen LogP contribution >= 0.6 is 0 Å². The molecule has 0 aliphatic heterocycles. The van der Waals surface area contributed by atoms with E-state index in [0.717, 1.165) is 22.6 Å². The first-order chi connectivity index (χ1) is 11.3. The minimum absolute atomic E-state index is 0.506. The molecule has 24 heavy (non-hydrogen) atoms. The highest BCUT2D eigenvalue weighted by atomic mass is 16.2.